The maximum atomic E-state index is 12.3. The fourth-order valence-corrected chi connectivity index (χ4v) is 2.11. The lowest BCUT2D eigenvalue weighted by molar-refractivity contribution is -0.138. The summed E-state index contributed by atoms with van der Waals surface area (Å²) < 4.78 is 41.6. The maximum absolute atomic E-state index is 12.3. The maximum Gasteiger partial charge on any atom is 0.417 e. The zero-order chi connectivity index (χ0) is 15.2. The molecule has 110 valence electrons. The topological polar surface area (TPSA) is 39.2 Å². The van der Waals surface area contributed by atoms with Gasteiger partial charge in [0.05, 0.1) is 17.7 Å². The lowest BCUT2D eigenvalue weighted by Crippen LogP contribution is -2.05. The van der Waals surface area contributed by atoms with E-state index in [9.17, 15) is 18.0 Å². The highest BCUT2D eigenvalue weighted by atomic mass is 32.2. The summed E-state index contributed by atoms with van der Waals surface area (Å²) in [6.07, 6.45) is -1.35. The van der Waals surface area contributed by atoms with E-state index < -0.39 is 17.7 Å². The molecule has 1 aromatic heterocycles. The zero-order valence-corrected chi connectivity index (χ0v) is 11.8. The van der Waals surface area contributed by atoms with Gasteiger partial charge in [0, 0.05) is 17.5 Å². The number of halogens is 3. The van der Waals surface area contributed by atoms with Crippen molar-refractivity contribution in [3.8, 4) is 0 Å². The average Bonchev–Trinajstić information content (AvgIpc) is 2.42. The van der Waals surface area contributed by atoms with Gasteiger partial charge in [-0.25, -0.2) is 9.78 Å². The van der Waals surface area contributed by atoms with Gasteiger partial charge in [0.15, 0.2) is 0 Å². The number of rotatable bonds is 5. The second kappa shape index (κ2) is 7.33. The summed E-state index contributed by atoms with van der Waals surface area (Å²) >= 11 is 1.25. The molecular formula is C13H14F3NO2S. The summed E-state index contributed by atoms with van der Waals surface area (Å²) in [5.41, 5.74) is -0.242. The number of esters is 1. The Hall–Kier alpha value is -1.50. The monoisotopic (exact) mass is 305 g/mol. The van der Waals surface area contributed by atoms with E-state index in [1.54, 1.807) is 6.08 Å². The molecule has 0 N–H and O–H groups in total. The van der Waals surface area contributed by atoms with Crippen molar-refractivity contribution in [3.05, 3.63) is 35.5 Å². The summed E-state index contributed by atoms with van der Waals surface area (Å²) in [7, 11) is 1.30. The highest BCUT2D eigenvalue weighted by Crippen LogP contribution is 2.29. The number of thioether (sulfide) groups is 1. The van der Waals surface area contributed by atoms with Gasteiger partial charge in [0.2, 0.25) is 0 Å². The number of alkyl halides is 3. The Morgan fingerprint density at radius 2 is 2.15 bits per heavy atom. The Kier molecular flexibility index (Phi) is 6.06. The predicted molar refractivity (Wildman–Crippen MR) is 70.4 cm³/mol. The van der Waals surface area contributed by atoms with Crippen LogP contribution in [0, 0.1) is 0 Å². The molecule has 0 saturated heterocycles. The van der Waals surface area contributed by atoms with E-state index in [0.29, 0.717) is 22.8 Å². The van der Waals surface area contributed by atoms with Crippen molar-refractivity contribution >= 4 is 17.7 Å². The molecule has 1 rings (SSSR count). The summed E-state index contributed by atoms with van der Waals surface area (Å²) in [6.45, 7) is 1.82. The van der Waals surface area contributed by atoms with Gasteiger partial charge in [0.25, 0.3) is 0 Å². The first kappa shape index (κ1) is 16.6. The molecule has 0 aliphatic carbocycles. The molecule has 3 nitrogen and oxygen atoms in total. The highest BCUT2D eigenvalue weighted by molar-refractivity contribution is 7.99. The first-order chi connectivity index (χ1) is 9.38. The number of methoxy groups -OCH3 is 1. The van der Waals surface area contributed by atoms with Gasteiger partial charge in [-0.15, -0.1) is 11.8 Å². The van der Waals surface area contributed by atoms with E-state index in [1.807, 2.05) is 6.92 Å². The molecule has 0 saturated carbocycles. The zero-order valence-electron chi connectivity index (χ0n) is 11.0. The molecule has 0 bridgehead atoms. The van der Waals surface area contributed by atoms with Crippen molar-refractivity contribution in [2.24, 2.45) is 0 Å². The number of carbonyl (C=O) groups excluding carboxylic acids is 1. The van der Waals surface area contributed by atoms with E-state index in [2.05, 4.69) is 9.72 Å². The van der Waals surface area contributed by atoms with Crippen molar-refractivity contribution in [1.29, 1.82) is 0 Å². The van der Waals surface area contributed by atoms with Gasteiger partial charge in [-0.1, -0.05) is 13.0 Å². The van der Waals surface area contributed by atoms with Crippen LogP contribution in [0.1, 0.15) is 18.9 Å². The molecule has 0 aliphatic rings. The lowest BCUT2D eigenvalue weighted by Gasteiger charge is -2.06. The second-order valence-corrected chi connectivity index (χ2v) is 4.81. The Labute approximate surface area is 119 Å². The van der Waals surface area contributed by atoms with Crippen molar-refractivity contribution in [1.82, 2.24) is 4.98 Å². The van der Waals surface area contributed by atoms with Gasteiger partial charge in [-0.2, -0.15) is 13.2 Å². The largest absolute Gasteiger partial charge is 0.466 e. The summed E-state index contributed by atoms with van der Waals surface area (Å²) in [6, 6.07) is 2.30. The first-order valence-corrected chi connectivity index (χ1v) is 6.80. The normalized spacial score (nSPS) is 12.3. The third-order valence-electron chi connectivity index (χ3n) is 2.45. The molecule has 0 unspecified atom stereocenters. The molecule has 0 aliphatic heterocycles. The second-order valence-electron chi connectivity index (χ2n) is 3.77. The lowest BCUT2D eigenvalue weighted by atomic mass is 10.2. The third kappa shape index (κ3) is 4.88. The molecule has 0 atom stereocenters. The predicted octanol–water partition coefficient (Wildman–Crippen LogP) is 3.70. The molecular weight excluding hydrogens is 291 g/mol. The van der Waals surface area contributed by atoms with E-state index in [4.69, 9.17) is 0 Å². The van der Waals surface area contributed by atoms with E-state index in [1.165, 1.54) is 24.9 Å². The summed E-state index contributed by atoms with van der Waals surface area (Å²) in [5, 5.41) is 0.467. The summed E-state index contributed by atoms with van der Waals surface area (Å²) in [5.74, 6) is 0.0462. The van der Waals surface area contributed by atoms with Crippen LogP contribution in [0.2, 0.25) is 0 Å². The Balaban J connectivity index is 2.62. The minimum Gasteiger partial charge on any atom is -0.466 e. The van der Waals surface area contributed by atoms with Crippen molar-refractivity contribution in [2.45, 2.75) is 24.5 Å². The number of pyridine rings is 1. The number of nitrogens with zero attached hydrogens (tertiary/aromatic N) is 1. The fraction of sp³-hybridized carbons (Fsp3) is 0.385. The first-order valence-electron chi connectivity index (χ1n) is 5.81. The number of aromatic nitrogens is 1. The minimum atomic E-state index is -4.38. The van der Waals surface area contributed by atoms with Crippen LogP contribution in [0.3, 0.4) is 0 Å². The van der Waals surface area contributed by atoms with Crippen molar-refractivity contribution < 1.29 is 22.7 Å². The molecule has 0 amide bonds. The molecule has 0 aromatic carbocycles. The molecule has 1 heterocycles. The average molecular weight is 305 g/mol. The van der Waals surface area contributed by atoms with Gasteiger partial charge < -0.3 is 4.74 Å². The molecule has 0 radical (unpaired) electrons. The molecule has 20 heavy (non-hydrogen) atoms. The minimum absolute atomic E-state index is 0.395. The van der Waals surface area contributed by atoms with Crippen LogP contribution in [0.25, 0.3) is 0 Å². The molecule has 7 heteroatoms. The van der Waals surface area contributed by atoms with Gasteiger partial charge >= 0.3 is 12.1 Å². The van der Waals surface area contributed by atoms with Crippen LogP contribution in [0.4, 0.5) is 13.2 Å². The molecule has 1 aromatic rings. The Morgan fingerprint density at radius 3 is 2.60 bits per heavy atom. The number of hydrogen-bond donors (Lipinski definition) is 0. The number of hydrogen-bond acceptors (Lipinski definition) is 4. The standard InChI is InChI=1S/C13H14F3NO2S/c1-3-9(12(18)19-2)6-7-20-11-5-4-10(8-17-11)13(14,15)16/h4-6,8H,3,7H2,1-2H3. The van der Waals surface area contributed by atoms with Gasteiger partial charge in [-0.3, -0.25) is 0 Å². The van der Waals surface area contributed by atoms with Gasteiger partial charge in [-0.05, 0) is 18.6 Å². The number of carbonyl (C=O) groups is 1. The van der Waals surface area contributed by atoms with Crippen LogP contribution in [0.5, 0.6) is 0 Å². The molecule has 0 fully saturated rings. The third-order valence-corrected chi connectivity index (χ3v) is 3.32. The summed E-state index contributed by atoms with van der Waals surface area (Å²) in [4.78, 5) is 15.0. The van der Waals surface area contributed by atoms with Crippen molar-refractivity contribution in [3.63, 3.8) is 0 Å². The Morgan fingerprint density at radius 1 is 1.45 bits per heavy atom. The van der Waals surface area contributed by atoms with Crippen LogP contribution in [-0.4, -0.2) is 23.8 Å². The Bertz CT molecular complexity index is 483. The van der Waals surface area contributed by atoms with Crippen LogP contribution >= 0.6 is 11.8 Å². The molecule has 0 spiro atoms. The van der Waals surface area contributed by atoms with E-state index >= 15 is 0 Å². The fourth-order valence-electron chi connectivity index (χ4n) is 1.36. The van der Waals surface area contributed by atoms with Crippen LogP contribution in [0.15, 0.2) is 35.0 Å². The van der Waals surface area contributed by atoms with Crippen molar-refractivity contribution in [2.75, 3.05) is 12.9 Å². The van der Waals surface area contributed by atoms with E-state index in [-0.39, 0.29) is 0 Å². The van der Waals surface area contributed by atoms with Gasteiger partial charge in [0.1, 0.15) is 0 Å². The van der Waals surface area contributed by atoms with Crippen LogP contribution in [-0.2, 0) is 15.7 Å². The number of ether oxygens (including phenoxy) is 1. The van der Waals surface area contributed by atoms with Crippen LogP contribution < -0.4 is 0 Å². The SMILES string of the molecule is CCC(=CCSc1ccc(C(F)(F)F)cn1)C(=O)OC. The highest BCUT2D eigenvalue weighted by Gasteiger charge is 2.30. The smallest absolute Gasteiger partial charge is 0.417 e. The quantitative estimate of drug-likeness (QED) is 0.472. The van der Waals surface area contributed by atoms with E-state index in [0.717, 1.165) is 12.3 Å².